The Morgan fingerprint density at radius 1 is 1.13 bits per heavy atom. The van der Waals surface area contributed by atoms with Crippen LogP contribution in [0.1, 0.15) is 37.7 Å². The van der Waals surface area contributed by atoms with E-state index in [1.807, 2.05) is 30.3 Å². The van der Waals surface area contributed by atoms with E-state index in [2.05, 4.69) is 0 Å². The van der Waals surface area contributed by atoms with Crippen molar-refractivity contribution >= 4 is 12.4 Å². The van der Waals surface area contributed by atoms with Gasteiger partial charge < -0.3 is 9.47 Å². The predicted octanol–water partition coefficient (Wildman–Crippen LogP) is 3.01. The molecule has 4 heteroatoms. The molecule has 3 atom stereocenters. The predicted molar refractivity (Wildman–Crippen MR) is 82.8 cm³/mol. The maximum Gasteiger partial charge on any atom is 0.418 e. The first kappa shape index (κ1) is 14.7. The Morgan fingerprint density at radius 3 is 2.48 bits per heavy atom. The summed E-state index contributed by atoms with van der Waals surface area (Å²) in [6.07, 6.45) is 4.92. The van der Waals surface area contributed by atoms with E-state index >= 15 is 0 Å². The molecule has 3 unspecified atom stereocenters. The third-order valence-corrected chi connectivity index (χ3v) is 5.97. The molecule has 23 heavy (non-hydrogen) atoms. The van der Waals surface area contributed by atoms with Gasteiger partial charge in [0.2, 0.25) is 0 Å². The normalized spacial score (nSPS) is 37.4. The van der Waals surface area contributed by atoms with Crippen LogP contribution in [0.5, 0.6) is 0 Å². The minimum Gasteiger partial charge on any atom is -0.460 e. The average Bonchev–Trinajstić information content (AvgIpc) is 2.53. The Morgan fingerprint density at radius 2 is 1.83 bits per heavy atom. The standard InChI is InChI=1S/C19H21O4/c20-12-23-19-9-14-6-15(10-19)8-16(7-14)17(19)18(21)22-11-13-4-2-1-3-5-13/h1-5,14-17H,6-11H2. The van der Waals surface area contributed by atoms with Gasteiger partial charge in [-0.25, -0.2) is 4.79 Å². The molecule has 5 rings (SSSR count). The molecular weight excluding hydrogens is 292 g/mol. The SMILES string of the molecule is O=[C]OC12CC3CC(CC(C3)C1C(=O)OCc1ccccc1)C2. The van der Waals surface area contributed by atoms with Crippen molar-refractivity contribution in [3.8, 4) is 0 Å². The first-order valence-corrected chi connectivity index (χ1v) is 8.46. The van der Waals surface area contributed by atoms with Crippen LogP contribution in [0, 0.1) is 23.7 Å². The summed E-state index contributed by atoms with van der Waals surface area (Å²) in [5, 5.41) is 0. The van der Waals surface area contributed by atoms with Gasteiger partial charge >= 0.3 is 12.4 Å². The lowest BCUT2D eigenvalue weighted by atomic mass is 9.49. The highest BCUT2D eigenvalue weighted by molar-refractivity contribution is 5.75. The van der Waals surface area contributed by atoms with Crippen molar-refractivity contribution in [1.82, 2.24) is 0 Å². The monoisotopic (exact) mass is 313 g/mol. The van der Waals surface area contributed by atoms with Gasteiger partial charge in [-0.1, -0.05) is 30.3 Å². The fraction of sp³-hybridized carbons (Fsp3) is 0.579. The van der Waals surface area contributed by atoms with E-state index in [1.54, 1.807) is 6.47 Å². The number of ether oxygens (including phenoxy) is 2. The summed E-state index contributed by atoms with van der Waals surface area (Å²) in [5.41, 5.74) is 0.311. The van der Waals surface area contributed by atoms with Crippen LogP contribution >= 0.6 is 0 Å². The maximum absolute atomic E-state index is 12.8. The Hall–Kier alpha value is -1.84. The van der Waals surface area contributed by atoms with Gasteiger partial charge in [0, 0.05) is 0 Å². The van der Waals surface area contributed by atoms with Crippen molar-refractivity contribution in [2.45, 2.75) is 44.3 Å². The Kier molecular flexibility index (Phi) is 3.63. The van der Waals surface area contributed by atoms with E-state index in [0.29, 0.717) is 11.8 Å². The zero-order chi connectivity index (χ0) is 15.9. The molecule has 121 valence electrons. The van der Waals surface area contributed by atoms with Gasteiger partial charge in [-0.2, -0.15) is 0 Å². The van der Waals surface area contributed by atoms with Crippen LogP contribution in [0.4, 0.5) is 0 Å². The van der Waals surface area contributed by atoms with Crippen LogP contribution in [0.15, 0.2) is 30.3 Å². The van der Waals surface area contributed by atoms with Crippen molar-refractivity contribution in [3.63, 3.8) is 0 Å². The van der Waals surface area contributed by atoms with Crippen LogP contribution in [0.2, 0.25) is 0 Å². The molecule has 4 aliphatic rings. The van der Waals surface area contributed by atoms with E-state index in [0.717, 1.165) is 31.2 Å². The lowest BCUT2D eigenvalue weighted by Gasteiger charge is -2.58. The smallest absolute Gasteiger partial charge is 0.418 e. The first-order chi connectivity index (χ1) is 11.2. The van der Waals surface area contributed by atoms with Gasteiger partial charge in [0.25, 0.3) is 0 Å². The van der Waals surface area contributed by atoms with Crippen molar-refractivity contribution in [3.05, 3.63) is 35.9 Å². The maximum atomic E-state index is 12.8. The minimum atomic E-state index is -0.662. The zero-order valence-electron chi connectivity index (χ0n) is 13.1. The molecule has 4 nitrogen and oxygen atoms in total. The van der Waals surface area contributed by atoms with Gasteiger partial charge in [-0.3, -0.25) is 4.79 Å². The number of rotatable bonds is 5. The largest absolute Gasteiger partial charge is 0.460 e. The van der Waals surface area contributed by atoms with E-state index < -0.39 is 5.60 Å². The van der Waals surface area contributed by atoms with Gasteiger partial charge in [0.15, 0.2) is 0 Å². The number of benzene rings is 1. The number of carbonyl (C=O) groups is 1. The van der Waals surface area contributed by atoms with Crippen LogP contribution in [-0.2, 0) is 25.7 Å². The second kappa shape index (κ2) is 5.66. The molecule has 4 saturated carbocycles. The Bertz CT molecular complexity index is 583. The third-order valence-electron chi connectivity index (χ3n) is 5.97. The van der Waals surface area contributed by atoms with Gasteiger partial charge in [-0.05, 0) is 55.4 Å². The van der Waals surface area contributed by atoms with Crippen molar-refractivity contribution in [1.29, 1.82) is 0 Å². The Labute approximate surface area is 136 Å². The number of hydrogen-bond donors (Lipinski definition) is 0. The molecule has 0 saturated heterocycles. The minimum absolute atomic E-state index is 0.215. The van der Waals surface area contributed by atoms with E-state index in [4.69, 9.17) is 9.47 Å². The van der Waals surface area contributed by atoms with Crippen molar-refractivity contribution in [2.24, 2.45) is 23.7 Å². The second-order valence-electron chi connectivity index (χ2n) is 7.43. The summed E-state index contributed by atoms with van der Waals surface area (Å²) in [4.78, 5) is 23.7. The molecule has 1 aromatic rings. The molecule has 4 aliphatic carbocycles. The van der Waals surface area contributed by atoms with Crippen molar-refractivity contribution in [2.75, 3.05) is 0 Å². The Balaban J connectivity index is 1.51. The van der Waals surface area contributed by atoms with Gasteiger partial charge in [0.1, 0.15) is 12.2 Å². The second-order valence-corrected chi connectivity index (χ2v) is 7.43. The topological polar surface area (TPSA) is 52.6 Å². The molecule has 0 aliphatic heterocycles. The van der Waals surface area contributed by atoms with Crippen LogP contribution < -0.4 is 0 Å². The zero-order valence-corrected chi connectivity index (χ0v) is 13.1. The molecular formula is C19H21O4. The van der Waals surface area contributed by atoms with Crippen LogP contribution in [0.3, 0.4) is 0 Å². The van der Waals surface area contributed by atoms with Gasteiger partial charge in [0.05, 0.1) is 5.92 Å². The fourth-order valence-electron chi connectivity index (χ4n) is 5.42. The summed E-state index contributed by atoms with van der Waals surface area (Å²) < 4.78 is 11.0. The van der Waals surface area contributed by atoms with Crippen molar-refractivity contribution < 1.29 is 19.1 Å². The molecule has 4 bridgehead atoms. The quantitative estimate of drug-likeness (QED) is 0.784. The summed E-state index contributed by atoms with van der Waals surface area (Å²) in [6.45, 7) is 1.90. The molecule has 0 aromatic heterocycles. The lowest BCUT2D eigenvalue weighted by Crippen LogP contribution is -2.61. The highest BCUT2D eigenvalue weighted by Gasteiger charge is 2.61. The summed E-state index contributed by atoms with van der Waals surface area (Å²) >= 11 is 0. The number of carbonyl (C=O) groups excluding carboxylic acids is 2. The van der Waals surface area contributed by atoms with E-state index in [1.165, 1.54) is 6.42 Å². The summed E-state index contributed by atoms with van der Waals surface area (Å²) in [5.74, 6) is 0.921. The molecule has 0 N–H and O–H groups in total. The summed E-state index contributed by atoms with van der Waals surface area (Å²) in [7, 11) is 0. The van der Waals surface area contributed by atoms with E-state index in [9.17, 15) is 9.59 Å². The molecule has 0 spiro atoms. The number of hydrogen-bond acceptors (Lipinski definition) is 4. The van der Waals surface area contributed by atoms with Crippen LogP contribution in [-0.4, -0.2) is 18.0 Å². The fourth-order valence-corrected chi connectivity index (χ4v) is 5.42. The third kappa shape index (κ3) is 2.54. The highest BCUT2D eigenvalue weighted by Crippen LogP contribution is 2.60. The molecule has 1 aromatic carbocycles. The van der Waals surface area contributed by atoms with Gasteiger partial charge in [-0.15, -0.1) is 0 Å². The highest BCUT2D eigenvalue weighted by atomic mass is 16.6. The summed E-state index contributed by atoms with van der Waals surface area (Å²) in [6, 6.07) is 9.67. The van der Waals surface area contributed by atoms with Crippen LogP contribution in [0.25, 0.3) is 0 Å². The average molecular weight is 313 g/mol. The molecule has 0 heterocycles. The lowest BCUT2D eigenvalue weighted by molar-refractivity contribution is -0.194. The molecule has 4 fully saturated rings. The van der Waals surface area contributed by atoms with E-state index in [-0.39, 0.29) is 24.4 Å². The number of esters is 1. The molecule has 1 radical (unpaired) electrons. The first-order valence-electron chi connectivity index (χ1n) is 8.46. The molecule has 0 amide bonds.